The van der Waals surface area contributed by atoms with E-state index in [-0.39, 0.29) is 23.6 Å². The van der Waals surface area contributed by atoms with Gasteiger partial charge in [0.1, 0.15) is 5.75 Å². The monoisotopic (exact) mass is 320 g/mol. The molecule has 1 unspecified atom stereocenters. The second-order valence-corrected chi connectivity index (χ2v) is 5.18. The maximum absolute atomic E-state index is 11.1. The van der Waals surface area contributed by atoms with Gasteiger partial charge in [0, 0.05) is 12.0 Å². The molecule has 1 aromatic rings. The summed E-state index contributed by atoms with van der Waals surface area (Å²) in [5.41, 5.74) is 0.922. The number of imide groups is 1. The second-order valence-electron chi connectivity index (χ2n) is 5.18. The lowest BCUT2D eigenvalue weighted by atomic mass is 10.1. The molecule has 1 aliphatic rings. The molecule has 0 bridgehead atoms. The number of benzene rings is 1. The van der Waals surface area contributed by atoms with Crippen molar-refractivity contribution in [2.24, 2.45) is 0 Å². The lowest BCUT2D eigenvalue weighted by molar-refractivity contribution is -0.136. The molecular formula is C16H20N2O5. The minimum Gasteiger partial charge on any atom is -0.516 e. The molecule has 0 saturated carbocycles. The van der Waals surface area contributed by atoms with Crippen molar-refractivity contribution in [2.75, 3.05) is 14.1 Å². The van der Waals surface area contributed by atoms with E-state index in [1.807, 2.05) is 19.0 Å². The summed E-state index contributed by atoms with van der Waals surface area (Å²) in [6, 6.07) is 4.17. The van der Waals surface area contributed by atoms with Gasteiger partial charge in [-0.15, -0.1) is 0 Å². The third-order valence-corrected chi connectivity index (χ3v) is 3.28. The molecule has 1 heterocycles. The molecule has 2 rings (SSSR count). The molecule has 1 saturated heterocycles. The van der Waals surface area contributed by atoms with Crippen molar-refractivity contribution < 1.29 is 24.6 Å². The van der Waals surface area contributed by atoms with Crippen LogP contribution < -0.4 is 5.32 Å². The highest BCUT2D eigenvalue weighted by Gasteiger charge is 2.27. The highest BCUT2D eigenvalue weighted by molar-refractivity contribution is 6.00. The van der Waals surface area contributed by atoms with Crippen LogP contribution in [0.1, 0.15) is 28.8 Å². The number of carbonyl (C=O) groups excluding carboxylic acids is 3. The molecule has 1 aliphatic heterocycles. The lowest BCUT2D eigenvalue weighted by Crippen LogP contribution is -2.50. The normalized spacial score (nSPS) is 17.6. The van der Waals surface area contributed by atoms with E-state index < -0.39 is 0 Å². The van der Waals surface area contributed by atoms with Crippen LogP contribution >= 0.6 is 0 Å². The predicted octanol–water partition coefficient (Wildman–Crippen LogP) is 1.09. The third-order valence-electron chi connectivity index (χ3n) is 3.28. The summed E-state index contributed by atoms with van der Waals surface area (Å²) in [7, 11) is 3.67. The molecule has 0 spiro atoms. The van der Waals surface area contributed by atoms with Gasteiger partial charge in [0.05, 0.1) is 12.3 Å². The Morgan fingerprint density at radius 2 is 1.96 bits per heavy atom. The Morgan fingerprint density at radius 3 is 2.48 bits per heavy atom. The van der Waals surface area contributed by atoms with Crippen molar-refractivity contribution in [3.63, 3.8) is 0 Å². The molecule has 124 valence electrons. The maximum atomic E-state index is 11.1. The number of aldehydes is 1. The molecule has 0 aromatic heterocycles. The van der Waals surface area contributed by atoms with Gasteiger partial charge in [-0.1, -0.05) is 0 Å². The van der Waals surface area contributed by atoms with Crippen LogP contribution in [0.4, 0.5) is 0 Å². The molecule has 1 aromatic carbocycles. The predicted molar refractivity (Wildman–Crippen MR) is 85.0 cm³/mol. The van der Waals surface area contributed by atoms with Gasteiger partial charge < -0.3 is 10.2 Å². The summed E-state index contributed by atoms with van der Waals surface area (Å²) >= 11 is 0. The van der Waals surface area contributed by atoms with Crippen LogP contribution in [0.15, 0.2) is 24.5 Å². The summed E-state index contributed by atoms with van der Waals surface area (Å²) in [4.78, 5) is 34.0. The Labute approximate surface area is 134 Å². The largest absolute Gasteiger partial charge is 0.516 e. The Bertz CT molecular complexity index is 610. The van der Waals surface area contributed by atoms with Crippen LogP contribution in [0.3, 0.4) is 0 Å². The van der Waals surface area contributed by atoms with Gasteiger partial charge in [-0.3, -0.25) is 24.6 Å². The number of amides is 2. The molecular weight excluding hydrogens is 300 g/mol. The number of aliphatic hydroxyl groups is 1. The molecule has 7 nitrogen and oxygen atoms in total. The van der Waals surface area contributed by atoms with Crippen molar-refractivity contribution in [1.29, 1.82) is 0 Å². The van der Waals surface area contributed by atoms with E-state index in [4.69, 9.17) is 10.2 Å². The van der Waals surface area contributed by atoms with Crippen LogP contribution in [-0.4, -0.2) is 53.4 Å². The SMILES string of the molecule is CN(C)C1CCC(=O)NC1=O.O=Cc1ccc(O)cc1/C=C/O. The average molecular weight is 320 g/mol. The number of likely N-dealkylation sites (N-methyl/N-ethyl adjacent to an activating group) is 1. The van der Waals surface area contributed by atoms with Gasteiger partial charge in [-0.25, -0.2) is 0 Å². The highest BCUT2D eigenvalue weighted by Crippen LogP contribution is 2.16. The molecule has 3 N–H and O–H groups in total. The zero-order chi connectivity index (χ0) is 17.4. The van der Waals surface area contributed by atoms with Crippen molar-refractivity contribution in [2.45, 2.75) is 18.9 Å². The number of nitrogens with one attached hydrogen (secondary N) is 1. The topological polar surface area (TPSA) is 107 Å². The van der Waals surface area contributed by atoms with Crippen molar-refractivity contribution in [3.05, 3.63) is 35.6 Å². The zero-order valence-electron chi connectivity index (χ0n) is 13.0. The van der Waals surface area contributed by atoms with E-state index in [0.717, 1.165) is 6.26 Å². The number of nitrogens with zero attached hydrogens (tertiary/aromatic N) is 1. The van der Waals surface area contributed by atoms with E-state index in [1.165, 1.54) is 24.3 Å². The summed E-state index contributed by atoms with van der Waals surface area (Å²) in [5.74, 6) is -0.270. The van der Waals surface area contributed by atoms with E-state index in [0.29, 0.717) is 30.3 Å². The smallest absolute Gasteiger partial charge is 0.243 e. The Balaban J connectivity index is 0.000000231. The fraction of sp³-hybridized carbons (Fsp3) is 0.312. The fourth-order valence-electron chi connectivity index (χ4n) is 2.07. The zero-order valence-corrected chi connectivity index (χ0v) is 13.0. The summed E-state index contributed by atoms with van der Waals surface area (Å²) in [6.45, 7) is 0. The molecule has 0 aliphatic carbocycles. The standard InChI is InChI=1S/C9H8O3.C7H12N2O2/c10-4-3-7-5-9(12)2-1-8(7)6-11;1-9(2)5-3-4-6(10)8-7(5)11/h1-6,10,12H;5H,3-4H2,1-2H3,(H,8,10,11)/b4-3+;. The van der Waals surface area contributed by atoms with Crippen LogP contribution in [0.25, 0.3) is 6.08 Å². The minimum absolute atomic E-state index is 0.0636. The van der Waals surface area contributed by atoms with Crippen LogP contribution in [-0.2, 0) is 9.59 Å². The Morgan fingerprint density at radius 1 is 1.26 bits per heavy atom. The van der Waals surface area contributed by atoms with Gasteiger partial charge in [0.2, 0.25) is 11.8 Å². The number of hydrogen-bond donors (Lipinski definition) is 3. The van der Waals surface area contributed by atoms with Gasteiger partial charge in [0.15, 0.2) is 6.29 Å². The average Bonchev–Trinajstić information content (AvgIpc) is 2.48. The minimum atomic E-state index is -0.175. The maximum Gasteiger partial charge on any atom is 0.243 e. The lowest BCUT2D eigenvalue weighted by Gasteiger charge is -2.26. The molecule has 1 atom stereocenters. The number of carbonyl (C=O) groups is 3. The third kappa shape index (κ3) is 5.55. The molecule has 0 radical (unpaired) electrons. The summed E-state index contributed by atoms with van der Waals surface area (Å²) < 4.78 is 0. The van der Waals surface area contributed by atoms with Crippen LogP contribution in [0, 0.1) is 0 Å². The quantitative estimate of drug-likeness (QED) is 0.437. The van der Waals surface area contributed by atoms with Crippen molar-refractivity contribution >= 4 is 24.2 Å². The molecule has 1 fully saturated rings. The van der Waals surface area contributed by atoms with E-state index >= 15 is 0 Å². The van der Waals surface area contributed by atoms with Crippen LogP contribution in [0.5, 0.6) is 5.75 Å². The first-order chi connectivity index (χ1) is 10.9. The summed E-state index contributed by atoms with van der Waals surface area (Å²) in [6.07, 6.45) is 3.91. The Hall–Kier alpha value is -2.67. The van der Waals surface area contributed by atoms with Gasteiger partial charge in [0.25, 0.3) is 0 Å². The number of phenols is 1. The van der Waals surface area contributed by atoms with Gasteiger partial charge in [-0.2, -0.15) is 0 Å². The molecule has 7 heteroatoms. The first-order valence-corrected chi connectivity index (χ1v) is 6.98. The molecule has 2 amide bonds. The number of aliphatic hydroxyl groups excluding tert-OH is 1. The summed E-state index contributed by atoms with van der Waals surface area (Å²) in [5, 5.41) is 19.8. The molecule has 23 heavy (non-hydrogen) atoms. The van der Waals surface area contributed by atoms with E-state index in [1.54, 1.807) is 0 Å². The number of phenolic OH excluding ortho intramolecular Hbond substituents is 1. The number of piperidine rings is 1. The fourth-order valence-corrected chi connectivity index (χ4v) is 2.07. The van der Waals surface area contributed by atoms with Crippen LogP contribution in [0.2, 0.25) is 0 Å². The highest BCUT2D eigenvalue weighted by atomic mass is 16.3. The number of rotatable bonds is 3. The van der Waals surface area contributed by atoms with E-state index in [2.05, 4.69) is 5.32 Å². The number of hydrogen-bond acceptors (Lipinski definition) is 6. The van der Waals surface area contributed by atoms with Gasteiger partial charge in [-0.05, 0) is 50.4 Å². The van der Waals surface area contributed by atoms with Crippen molar-refractivity contribution in [3.8, 4) is 5.75 Å². The first kappa shape index (κ1) is 18.4. The second kappa shape index (κ2) is 8.70. The first-order valence-electron chi connectivity index (χ1n) is 6.98. The van der Waals surface area contributed by atoms with Gasteiger partial charge >= 0.3 is 0 Å². The van der Waals surface area contributed by atoms with E-state index in [9.17, 15) is 14.4 Å². The van der Waals surface area contributed by atoms with Crippen molar-refractivity contribution in [1.82, 2.24) is 10.2 Å². The Kier molecular flexibility index (Phi) is 6.95. The number of aromatic hydroxyl groups is 1.